The zero-order chi connectivity index (χ0) is 14.9. The smallest absolute Gasteiger partial charge is 0.119 e. The quantitative estimate of drug-likeness (QED) is 0.779. The highest BCUT2D eigenvalue weighted by Crippen LogP contribution is 2.26. The van der Waals surface area contributed by atoms with E-state index in [4.69, 9.17) is 4.74 Å². The molecule has 1 aromatic heterocycles. The summed E-state index contributed by atoms with van der Waals surface area (Å²) in [5, 5.41) is 28.0. The average molecular weight is 291 g/mol. The first-order valence-electron chi connectivity index (χ1n) is 7.20. The van der Waals surface area contributed by atoms with E-state index >= 15 is 0 Å². The van der Waals surface area contributed by atoms with Crippen molar-refractivity contribution in [2.75, 3.05) is 26.8 Å². The van der Waals surface area contributed by atoms with Gasteiger partial charge in [0.2, 0.25) is 0 Å². The van der Waals surface area contributed by atoms with Crippen LogP contribution in [0.25, 0.3) is 10.9 Å². The molecule has 1 atom stereocenters. The molecule has 0 radical (unpaired) electrons. The average Bonchev–Trinajstić information content (AvgIpc) is 2.89. The molecule has 0 spiro atoms. The van der Waals surface area contributed by atoms with E-state index in [-0.39, 0.29) is 6.61 Å². The number of aromatic amines is 1. The zero-order valence-electron chi connectivity index (χ0n) is 12.2. The SMILES string of the molecule is COc1ccc2n[nH]c(CN3CCCC(O)(CO)C3)c2c1. The molecule has 1 saturated heterocycles. The van der Waals surface area contributed by atoms with Crippen LogP contribution in [0.1, 0.15) is 18.5 Å². The number of H-pyrrole nitrogens is 1. The van der Waals surface area contributed by atoms with Crippen LogP contribution >= 0.6 is 0 Å². The molecule has 3 rings (SSSR count). The molecule has 0 bridgehead atoms. The summed E-state index contributed by atoms with van der Waals surface area (Å²) < 4.78 is 5.26. The van der Waals surface area contributed by atoms with Gasteiger partial charge >= 0.3 is 0 Å². The topological polar surface area (TPSA) is 81.6 Å². The number of rotatable bonds is 4. The molecule has 3 N–H and O–H groups in total. The van der Waals surface area contributed by atoms with Gasteiger partial charge in [0.25, 0.3) is 0 Å². The van der Waals surface area contributed by atoms with Crippen LogP contribution in [0, 0.1) is 0 Å². The van der Waals surface area contributed by atoms with Crippen molar-refractivity contribution in [1.29, 1.82) is 0 Å². The highest BCUT2D eigenvalue weighted by molar-refractivity contribution is 5.82. The third-order valence-corrected chi connectivity index (χ3v) is 4.15. The van der Waals surface area contributed by atoms with E-state index in [0.717, 1.165) is 35.3 Å². The Kier molecular flexibility index (Phi) is 3.84. The Labute approximate surface area is 123 Å². The molecule has 1 unspecified atom stereocenters. The van der Waals surface area contributed by atoms with Crippen LogP contribution in [0.15, 0.2) is 18.2 Å². The minimum atomic E-state index is -0.980. The Hall–Kier alpha value is -1.63. The molecule has 21 heavy (non-hydrogen) atoms. The maximum Gasteiger partial charge on any atom is 0.119 e. The van der Waals surface area contributed by atoms with E-state index in [0.29, 0.717) is 19.5 Å². The van der Waals surface area contributed by atoms with Gasteiger partial charge in [-0.2, -0.15) is 5.10 Å². The lowest BCUT2D eigenvalue weighted by Gasteiger charge is -2.37. The van der Waals surface area contributed by atoms with E-state index in [1.807, 2.05) is 18.2 Å². The molecule has 6 nitrogen and oxygen atoms in total. The van der Waals surface area contributed by atoms with Crippen molar-refractivity contribution in [2.45, 2.75) is 25.0 Å². The zero-order valence-corrected chi connectivity index (χ0v) is 12.2. The molecule has 2 aromatic rings. The molecule has 0 aliphatic carbocycles. The van der Waals surface area contributed by atoms with Crippen LogP contribution in [0.2, 0.25) is 0 Å². The minimum Gasteiger partial charge on any atom is -0.497 e. The van der Waals surface area contributed by atoms with Gasteiger partial charge in [-0.25, -0.2) is 0 Å². The number of methoxy groups -OCH3 is 1. The first-order chi connectivity index (χ1) is 10.1. The Bertz CT molecular complexity index is 628. The summed E-state index contributed by atoms with van der Waals surface area (Å²) in [5.41, 5.74) is 0.928. The molecular weight excluding hydrogens is 270 g/mol. The van der Waals surface area contributed by atoms with Crippen molar-refractivity contribution in [3.63, 3.8) is 0 Å². The fourth-order valence-corrected chi connectivity index (χ4v) is 2.98. The van der Waals surface area contributed by atoms with Crippen LogP contribution in [0.5, 0.6) is 5.75 Å². The van der Waals surface area contributed by atoms with E-state index in [9.17, 15) is 10.2 Å². The van der Waals surface area contributed by atoms with Gasteiger partial charge in [0.1, 0.15) is 11.4 Å². The van der Waals surface area contributed by atoms with Crippen molar-refractivity contribution < 1.29 is 14.9 Å². The van der Waals surface area contributed by atoms with Gasteiger partial charge in [0, 0.05) is 18.5 Å². The number of nitrogens with zero attached hydrogens (tertiary/aromatic N) is 2. The van der Waals surface area contributed by atoms with Gasteiger partial charge in [0.05, 0.1) is 24.9 Å². The maximum absolute atomic E-state index is 10.2. The first-order valence-corrected chi connectivity index (χ1v) is 7.20. The van der Waals surface area contributed by atoms with E-state index < -0.39 is 5.60 Å². The number of β-amino-alcohol motifs (C(OH)–C–C–N with tert-alkyl or cyclic N) is 1. The molecule has 1 fully saturated rings. The van der Waals surface area contributed by atoms with Gasteiger partial charge in [-0.15, -0.1) is 0 Å². The molecule has 1 aliphatic rings. The largest absolute Gasteiger partial charge is 0.497 e. The summed E-state index contributed by atoms with van der Waals surface area (Å²) in [4.78, 5) is 2.14. The lowest BCUT2D eigenvalue weighted by Crippen LogP contribution is -2.50. The predicted molar refractivity (Wildman–Crippen MR) is 79.2 cm³/mol. The number of hydrogen-bond donors (Lipinski definition) is 3. The number of likely N-dealkylation sites (tertiary alicyclic amines) is 1. The van der Waals surface area contributed by atoms with Crippen LogP contribution in [0.3, 0.4) is 0 Å². The standard InChI is InChI=1S/C15H21N3O3/c1-21-11-3-4-13-12(7-11)14(17-16-13)8-18-6-2-5-15(20,9-18)10-19/h3-4,7,19-20H,2,5-6,8-10H2,1H3,(H,16,17). The molecule has 2 heterocycles. The number of nitrogens with one attached hydrogen (secondary N) is 1. The highest BCUT2D eigenvalue weighted by Gasteiger charge is 2.32. The number of ether oxygens (including phenoxy) is 1. The number of aromatic nitrogens is 2. The van der Waals surface area contributed by atoms with Gasteiger partial charge in [-0.3, -0.25) is 10.00 Å². The number of hydrogen-bond acceptors (Lipinski definition) is 5. The summed E-state index contributed by atoms with van der Waals surface area (Å²) in [7, 11) is 1.65. The number of benzene rings is 1. The van der Waals surface area contributed by atoms with Gasteiger partial charge < -0.3 is 14.9 Å². The fourth-order valence-electron chi connectivity index (χ4n) is 2.98. The highest BCUT2D eigenvalue weighted by atomic mass is 16.5. The Balaban J connectivity index is 1.81. The Morgan fingerprint density at radius 3 is 3.10 bits per heavy atom. The monoisotopic (exact) mass is 291 g/mol. The number of piperidine rings is 1. The second-order valence-electron chi connectivity index (χ2n) is 5.78. The van der Waals surface area contributed by atoms with Gasteiger partial charge in [-0.05, 0) is 37.6 Å². The second-order valence-corrected chi connectivity index (χ2v) is 5.78. The fraction of sp³-hybridized carbons (Fsp3) is 0.533. The van der Waals surface area contributed by atoms with Gasteiger partial charge in [0.15, 0.2) is 0 Å². The summed E-state index contributed by atoms with van der Waals surface area (Å²) in [6, 6.07) is 5.78. The maximum atomic E-state index is 10.2. The summed E-state index contributed by atoms with van der Waals surface area (Å²) in [5.74, 6) is 0.802. The second kappa shape index (κ2) is 5.63. The van der Waals surface area contributed by atoms with Gasteiger partial charge in [-0.1, -0.05) is 0 Å². The van der Waals surface area contributed by atoms with E-state index in [1.165, 1.54) is 0 Å². The Morgan fingerprint density at radius 1 is 1.48 bits per heavy atom. The molecule has 1 aromatic carbocycles. The predicted octanol–water partition coefficient (Wildman–Crippen LogP) is 0.891. The van der Waals surface area contributed by atoms with Crippen molar-refractivity contribution in [2.24, 2.45) is 0 Å². The lowest BCUT2D eigenvalue weighted by molar-refractivity contribution is -0.0688. The number of aliphatic hydroxyl groups is 2. The molecular formula is C15H21N3O3. The molecule has 6 heteroatoms. The first kappa shape index (κ1) is 14.3. The molecule has 1 aliphatic heterocycles. The van der Waals surface area contributed by atoms with Crippen LogP contribution < -0.4 is 4.74 Å². The molecule has 0 amide bonds. The van der Waals surface area contributed by atoms with Crippen LogP contribution in [0.4, 0.5) is 0 Å². The van der Waals surface area contributed by atoms with Crippen LogP contribution in [-0.4, -0.2) is 57.7 Å². The number of fused-ring (bicyclic) bond motifs is 1. The number of aliphatic hydroxyl groups excluding tert-OH is 1. The summed E-state index contributed by atoms with van der Waals surface area (Å²) in [6.45, 7) is 1.87. The third kappa shape index (κ3) is 2.88. The third-order valence-electron chi connectivity index (χ3n) is 4.15. The lowest BCUT2D eigenvalue weighted by atomic mass is 9.93. The summed E-state index contributed by atoms with van der Waals surface area (Å²) >= 11 is 0. The molecule has 0 saturated carbocycles. The van der Waals surface area contributed by atoms with E-state index in [2.05, 4.69) is 15.1 Å². The Morgan fingerprint density at radius 2 is 2.33 bits per heavy atom. The van der Waals surface area contributed by atoms with Crippen molar-refractivity contribution in [1.82, 2.24) is 15.1 Å². The van der Waals surface area contributed by atoms with Crippen molar-refractivity contribution >= 4 is 10.9 Å². The van der Waals surface area contributed by atoms with Crippen LogP contribution in [-0.2, 0) is 6.54 Å². The summed E-state index contributed by atoms with van der Waals surface area (Å²) in [6.07, 6.45) is 1.53. The normalized spacial score (nSPS) is 23.6. The minimum absolute atomic E-state index is 0.193. The van der Waals surface area contributed by atoms with E-state index in [1.54, 1.807) is 7.11 Å². The molecule has 114 valence electrons. The van der Waals surface area contributed by atoms with Crippen molar-refractivity contribution in [3.05, 3.63) is 23.9 Å². The van der Waals surface area contributed by atoms with Crippen molar-refractivity contribution in [3.8, 4) is 5.75 Å².